The number of rotatable bonds is 2. The third kappa shape index (κ3) is 1.95. The maximum atomic E-state index is 10.1. The van der Waals surface area contributed by atoms with Gasteiger partial charge in [0.15, 0.2) is 0 Å². The minimum atomic E-state index is 0.173. The SMILES string of the molecule is C/C([C]=O)=C\c1ccccc1O. The molecule has 0 atom stereocenters. The van der Waals surface area contributed by atoms with Crippen molar-refractivity contribution in [2.24, 2.45) is 0 Å². The summed E-state index contributed by atoms with van der Waals surface area (Å²) in [5.41, 5.74) is 1.11. The monoisotopic (exact) mass is 161 g/mol. The van der Waals surface area contributed by atoms with Crippen molar-refractivity contribution >= 4 is 12.4 Å². The van der Waals surface area contributed by atoms with Crippen molar-refractivity contribution in [3.63, 3.8) is 0 Å². The third-order valence-corrected chi connectivity index (χ3v) is 1.47. The van der Waals surface area contributed by atoms with E-state index in [1.807, 2.05) is 0 Å². The summed E-state index contributed by atoms with van der Waals surface area (Å²) in [5.74, 6) is 0.173. The van der Waals surface area contributed by atoms with Gasteiger partial charge in [-0.1, -0.05) is 18.2 Å². The van der Waals surface area contributed by atoms with Crippen LogP contribution < -0.4 is 0 Å². The first-order chi connectivity index (χ1) is 5.74. The maximum absolute atomic E-state index is 10.1. The highest BCUT2D eigenvalue weighted by Crippen LogP contribution is 2.17. The molecule has 0 saturated carbocycles. The van der Waals surface area contributed by atoms with Crippen molar-refractivity contribution in [1.29, 1.82) is 0 Å². The zero-order valence-corrected chi connectivity index (χ0v) is 6.74. The highest BCUT2D eigenvalue weighted by Gasteiger charge is 1.95. The van der Waals surface area contributed by atoms with Gasteiger partial charge in [0.2, 0.25) is 6.29 Å². The van der Waals surface area contributed by atoms with Crippen LogP contribution in [0.2, 0.25) is 0 Å². The topological polar surface area (TPSA) is 37.3 Å². The molecule has 0 aliphatic heterocycles. The van der Waals surface area contributed by atoms with Gasteiger partial charge in [-0.05, 0) is 19.1 Å². The normalized spacial score (nSPS) is 11.2. The van der Waals surface area contributed by atoms with E-state index in [-0.39, 0.29) is 5.75 Å². The van der Waals surface area contributed by atoms with Crippen molar-refractivity contribution in [2.75, 3.05) is 0 Å². The summed E-state index contributed by atoms with van der Waals surface area (Å²) >= 11 is 0. The molecule has 61 valence electrons. The Balaban J connectivity index is 3.04. The molecule has 0 aliphatic carbocycles. The first-order valence-electron chi connectivity index (χ1n) is 3.58. The fraction of sp³-hybridized carbons (Fsp3) is 0.100. The first-order valence-corrected chi connectivity index (χ1v) is 3.58. The number of carbonyl (C=O) groups excluding carboxylic acids is 1. The van der Waals surface area contributed by atoms with Crippen LogP contribution in [-0.2, 0) is 4.79 Å². The third-order valence-electron chi connectivity index (χ3n) is 1.47. The van der Waals surface area contributed by atoms with Gasteiger partial charge in [-0.2, -0.15) is 0 Å². The van der Waals surface area contributed by atoms with Crippen LogP contribution in [0, 0.1) is 0 Å². The Morgan fingerprint density at radius 2 is 2.17 bits per heavy atom. The van der Waals surface area contributed by atoms with E-state index in [0.717, 1.165) is 0 Å². The lowest BCUT2D eigenvalue weighted by molar-refractivity contribution is 0.474. The molecule has 0 unspecified atom stereocenters. The van der Waals surface area contributed by atoms with E-state index >= 15 is 0 Å². The Hall–Kier alpha value is -1.57. The Labute approximate surface area is 71.2 Å². The molecule has 0 heterocycles. The number of hydrogen-bond acceptors (Lipinski definition) is 2. The molecule has 1 radical (unpaired) electrons. The fourth-order valence-electron chi connectivity index (χ4n) is 0.872. The zero-order valence-electron chi connectivity index (χ0n) is 6.74. The lowest BCUT2D eigenvalue weighted by Crippen LogP contribution is -1.78. The molecule has 1 rings (SSSR count). The Bertz CT molecular complexity index is 313. The molecule has 1 N–H and O–H groups in total. The summed E-state index contributed by atoms with van der Waals surface area (Å²) < 4.78 is 0. The second kappa shape index (κ2) is 3.72. The fourth-order valence-corrected chi connectivity index (χ4v) is 0.872. The smallest absolute Gasteiger partial charge is 0.228 e. The minimum absolute atomic E-state index is 0.173. The molecule has 0 aliphatic rings. The number of aromatic hydroxyl groups is 1. The van der Waals surface area contributed by atoms with Crippen LogP contribution in [0.4, 0.5) is 0 Å². The summed E-state index contributed by atoms with van der Waals surface area (Å²) in [5, 5.41) is 9.28. The molecule has 0 bridgehead atoms. The molecule has 1 aromatic carbocycles. The van der Waals surface area contributed by atoms with Crippen molar-refractivity contribution < 1.29 is 9.90 Å². The van der Waals surface area contributed by atoms with E-state index in [1.165, 1.54) is 0 Å². The van der Waals surface area contributed by atoms with Gasteiger partial charge in [0.25, 0.3) is 0 Å². The van der Waals surface area contributed by atoms with Gasteiger partial charge in [-0.25, -0.2) is 0 Å². The number of allylic oxidation sites excluding steroid dienone is 1. The number of benzene rings is 1. The van der Waals surface area contributed by atoms with Crippen LogP contribution in [0.25, 0.3) is 6.08 Å². The number of para-hydroxylation sites is 1. The van der Waals surface area contributed by atoms with Crippen LogP contribution >= 0.6 is 0 Å². The zero-order chi connectivity index (χ0) is 8.97. The standard InChI is InChI=1S/C10H9O2/c1-8(7-11)6-9-4-2-3-5-10(9)12/h2-6,12H,1H3/b8-6+. The largest absolute Gasteiger partial charge is 0.507 e. The van der Waals surface area contributed by atoms with E-state index in [9.17, 15) is 9.90 Å². The molecule has 0 spiro atoms. The van der Waals surface area contributed by atoms with Gasteiger partial charge in [0.05, 0.1) is 0 Å². The van der Waals surface area contributed by atoms with Gasteiger partial charge in [-0.15, -0.1) is 0 Å². The first kappa shape index (κ1) is 8.53. The van der Waals surface area contributed by atoms with Crippen molar-refractivity contribution in [2.45, 2.75) is 6.92 Å². The predicted molar refractivity (Wildman–Crippen MR) is 47.5 cm³/mol. The predicted octanol–water partition coefficient (Wildman–Crippen LogP) is 1.91. The van der Waals surface area contributed by atoms with Gasteiger partial charge >= 0.3 is 0 Å². The number of hydrogen-bond donors (Lipinski definition) is 1. The van der Waals surface area contributed by atoms with E-state index in [2.05, 4.69) is 0 Å². The van der Waals surface area contributed by atoms with E-state index in [4.69, 9.17) is 0 Å². The molecule has 2 heteroatoms. The van der Waals surface area contributed by atoms with Gasteiger partial charge < -0.3 is 5.11 Å². The molecular weight excluding hydrogens is 152 g/mol. The van der Waals surface area contributed by atoms with Crippen LogP contribution in [-0.4, -0.2) is 11.4 Å². The molecule has 0 fully saturated rings. The average Bonchev–Trinajstić information content (AvgIpc) is 2.09. The van der Waals surface area contributed by atoms with Crippen LogP contribution in [0.1, 0.15) is 12.5 Å². The van der Waals surface area contributed by atoms with Crippen LogP contribution in [0.15, 0.2) is 29.8 Å². The quantitative estimate of drug-likeness (QED) is 0.672. The maximum Gasteiger partial charge on any atom is 0.228 e. The van der Waals surface area contributed by atoms with E-state index in [0.29, 0.717) is 11.1 Å². The van der Waals surface area contributed by atoms with Crippen molar-refractivity contribution in [3.8, 4) is 5.75 Å². The molecule has 1 aromatic rings. The lowest BCUT2D eigenvalue weighted by Gasteiger charge is -1.96. The summed E-state index contributed by atoms with van der Waals surface area (Å²) in [7, 11) is 0. The summed E-state index contributed by atoms with van der Waals surface area (Å²) in [6.45, 7) is 1.64. The minimum Gasteiger partial charge on any atom is -0.507 e. The molecule has 2 nitrogen and oxygen atoms in total. The second-order valence-corrected chi connectivity index (χ2v) is 2.49. The summed E-state index contributed by atoms with van der Waals surface area (Å²) in [4.78, 5) is 10.1. The van der Waals surface area contributed by atoms with Gasteiger partial charge in [-0.3, -0.25) is 4.79 Å². The Morgan fingerprint density at radius 3 is 2.75 bits per heavy atom. The van der Waals surface area contributed by atoms with Crippen LogP contribution in [0.3, 0.4) is 0 Å². The second-order valence-electron chi connectivity index (χ2n) is 2.49. The molecule has 0 amide bonds. The lowest BCUT2D eigenvalue weighted by atomic mass is 10.1. The number of phenols is 1. The van der Waals surface area contributed by atoms with Crippen LogP contribution in [0.5, 0.6) is 5.75 Å². The van der Waals surface area contributed by atoms with E-state index in [1.54, 1.807) is 43.6 Å². The highest BCUT2D eigenvalue weighted by atomic mass is 16.3. The highest BCUT2D eigenvalue weighted by molar-refractivity contribution is 5.82. The van der Waals surface area contributed by atoms with Gasteiger partial charge in [0.1, 0.15) is 5.75 Å². The molecular formula is C10H9O2. The van der Waals surface area contributed by atoms with Crippen molar-refractivity contribution in [1.82, 2.24) is 0 Å². The van der Waals surface area contributed by atoms with Gasteiger partial charge in [0, 0.05) is 11.1 Å². The summed E-state index contributed by atoms with van der Waals surface area (Å²) in [6, 6.07) is 6.83. The number of phenolic OH excluding ortho intramolecular Hbond substituents is 1. The Morgan fingerprint density at radius 1 is 1.50 bits per heavy atom. The Kier molecular flexibility index (Phi) is 2.64. The van der Waals surface area contributed by atoms with E-state index < -0.39 is 0 Å². The average molecular weight is 161 g/mol. The summed E-state index contributed by atoms with van der Waals surface area (Å²) in [6.07, 6.45) is 3.33. The van der Waals surface area contributed by atoms with Crippen molar-refractivity contribution in [3.05, 3.63) is 35.4 Å². The molecule has 12 heavy (non-hydrogen) atoms. The molecule has 0 aromatic heterocycles. The molecule has 0 saturated heterocycles.